The van der Waals surface area contributed by atoms with Gasteiger partial charge in [-0.15, -0.1) is 0 Å². The number of piperazine rings is 1. The summed E-state index contributed by atoms with van der Waals surface area (Å²) in [5, 5.41) is 0.885. The summed E-state index contributed by atoms with van der Waals surface area (Å²) in [5.74, 6) is 2.82. The lowest BCUT2D eigenvalue weighted by Gasteiger charge is -2.37. The third kappa shape index (κ3) is 3.52. The summed E-state index contributed by atoms with van der Waals surface area (Å²) >= 11 is 1.70. The lowest BCUT2D eigenvalue weighted by molar-refractivity contribution is 0.415. The van der Waals surface area contributed by atoms with Gasteiger partial charge in [-0.25, -0.2) is 4.98 Å². The first-order chi connectivity index (χ1) is 13.2. The minimum atomic E-state index is 0.155. The molecular formula is C20H26N4O2S. The Labute approximate surface area is 164 Å². The largest absolute Gasteiger partial charge is 0.497 e. The first-order valence-corrected chi connectivity index (χ1v) is 10.6. The van der Waals surface area contributed by atoms with Crippen LogP contribution in [0.2, 0.25) is 0 Å². The van der Waals surface area contributed by atoms with Crippen molar-refractivity contribution in [2.75, 3.05) is 48.8 Å². The summed E-state index contributed by atoms with van der Waals surface area (Å²) in [6.07, 6.45) is 1.77. The van der Waals surface area contributed by atoms with E-state index in [2.05, 4.69) is 28.9 Å². The van der Waals surface area contributed by atoms with E-state index < -0.39 is 0 Å². The van der Waals surface area contributed by atoms with E-state index in [0.29, 0.717) is 0 Å². The molecule has 1 aromatic carbocycles. The van der Waals surface area contributed by atoms with Gasteiger partial charge in [0.25, 0.3) is 5.56 Å². The molecule has 7 heteroatoms. The third-order valence-corrected chi connectivity index (χ3v) is 6.40. The maximum atomic E-state index is 12.9. The minimum absolute atomic E-state index is 0.155. The summed E-state index contributed by atoms with van der Waals surface area (Å²) in [5.41, 5.74) is 2.22. The number of ether oxygens (including phenoxy) is 1. The van der Waals surface area contributed by atoms with Crippen molar-refractivity contribution >= 4 is 23.3 Å². The minimum Gasteiger partial charge on any atom is -0.497 e. The molecule has 0 unspecified atom stereocenters. The molecule has 2 aliphatic heterocycles. The molecule has 1 fully saturated rings. The SMILES string of the molecule is CCc1c(N2CCN(c3ccc(OC)cc3)CC2)nc2n(c1=O)CCCS2. The fraction of sp³-hybridized carbons (Fsp3) is 0.500. The second-order valence-electron chi connectivity index (χ2n) is 6.88. The van der Waals surface area contributed by atoms with E-state index in [1.807, 2.05) is 16.7 Å². The van der Waals surface area contributed by atoms with Crippen LogP contribution in [-0.2, 0) is 13.0 Å². The van der Waals surface area contributed by atoms with E-state index in [1.54, 1.807) is 18.9 Å². The Morgan fingerprint density at radius 3 is 2.44 bits per heavy atom. The van der Waals surface area contributed by atoms with Crippen molar-refractivity contribution in [2.45, 2.75) is 31.5 Å². The fourth-order valence-corrected chi connectivity index (χ4v) is 4.73. The first-order valence-electron chi connectivity index (χ1n) is 9.61. The Bertz CT molecular complexity index is 858. The van der Waals surface area contributed by atoms with Crippen LogP contribution in [-0.4, -0.2) is 48.6 Å². The highest BCUT2D eigenvalue weighted by Crippen LogP contribution is 2.27. The molecule has 144 valence electrons. The van der Waals surface area contributed by atoms with Crippen LogP contribution in [0.1, 0.15) is 18.9 Å². The maximum Gasteiger partial charge on any atom is 0.259 e. The molecule has 0 bridgehead atoms. The van der Waals surface area contributed by atoms with Crippen molar-refractivity contribution in [1.82, 2.24) is 9.55 Å². The van der Waals surface area contributed by atoms with Crippen LogP contribution in [0.3, 0.4) is 0 Å². The van der Waals surface area contributed by atoms with Crippen LogP contribution in [0.5, 0.6) is 5.75 Å². The quantitative estimate of drug-likeness (QED) is 0.753. The number of anilines is 2. The fourth-order valence-electron chi connectivity index (χ4n) is 3.80. The van der Waals surface area contributed by atoms with E-state index in [9.17, 15) is 4.79 Å². The Hall–Kier alpha value is -2.15. The van der Waals surface area contributed by atoms with Gasteiger partial charge < -0.3 is 14.5 Å². The molecule has 4 rings (SSSR count). The zero-order chi connectivity index (χ0) is 18.8. The summed E-state index contributed by atoms with van der Waals surface area (Å²) in [7, 11) is 1.69. The van der Waals surface area contributed by atoms with Crippen LogP contribution >= 0.6 is 11.8 Å². The van der Waals surface area contributed by atoms with Crippen molar-refractivity contribution in [3.8, 4) is 5.75 Å². The highest BCUT2D eigenvalue weighted by molar-refractivity contribution is 7.99. The van der Waals surface area contributed by atoms with E-state index in [-0.39, 0.29) is 5.56 Å². The molecule has 0 aliphatic carbocycles. The molecule has 6 nitrogen and oxygen atoms in total. The van der Waals surface area contributed by atoms with Crippen molar-refractivity contribution in [3.63, 3.8) is 0 Å². The van der Waals surface area contributed by atoms with Gasteiger partial charge in [-0.2, -0.15) is 0 Å². The highest BCUT2D eigenvalue weighted by Gasteiger charge is 2.25. The Balaban J connectivity index is 1.54. The number of hydrogen-bond acceptors (Lipinski definition) is 6. The standard InChI is InChI=1S/C20H26N4O2S/c1-3-17-18(21-20-24(19(17)25)9-4-14-27-20)23-12-10-22(11-13-23)15-5-7-16(26-2)8-6-15/h5-8H,3-4,9-14H2,1-2H3. The molecule has 0 spiro atoms. The van der Waals surface area contributed by atoms with Gasteiger partial charge >= 0.3 is 0 Å². The second-order valence-corrected chi connectivity index (χ2v) is 7.94. The molecule has 0 saturated carbocycles. The van der Waals surface area contributed by atoms with Gasteiger partial charge in [-0.3, -0.25) is 9.36 Å². The second kappa shape index (κ2) is 7.84. The van der Waals surface area contributed by atoms with E-state index in [4.69, 9.17) is 9.72 Å². The number of nitrogens with zero attached hydrogens (tertiary/aromatic N) is 4. The average molecular weight is 387 g/mol. The molecule has 0 amide bonds. The number of hydrogen-bond donors (Lipinski definition) is 0. The lowest BCUT2D eigenvalue weighted by Crippen LogP contribution is -2.48. The summed E-state index contributed by atoms with van der Waals surface area (Å²) < 4.78 is 7.11. The predicted octanol–water partition coefficient (Wildman–Crippen LogP) is 2.64. The van der Waals surface area contributed by atoms with E-state index in [0.717, 1.165) is 73.6 Å². The number of methoxy groups -OCH3 is 1. The Kier molecular flexibility index (Phi) is 5.29. The third-order valence-electron chi connectivity index (χ3n) is 5.33. The zero-order valence-electron chi connectivity index (χ0n) is 16.0. The lowest BCUT2D eigenvalue weighted by atomic mass is 10.2. The Morgan fingerprint density at radius 1 is 1.07 bits per heavy atom. The summed E-state index contributed by atoms with van der Waals surface area (Å²) in [4.78, 5) is 22.5. The van der Waals surface area contributed by atoms with Gasteiger partial charge in [-0.1, -0.05) is 18.7 Å². The van der Waals surface area contributed by atoms with Crippen molar-refractivity contribution in [3.05, 3.63) is 40.2 Å². The van der Waals surface area contributed by atoms with Gasteiger partial charge in [0, 0.05) is 44.2 Å². The zero-order valence-corrected chi connectivity index (χ0v) is 16.8. The molecule has 2 aliphatic rings. The van der Waals surface area contributed by atoms with Crippen molar-refractivity contribution < 1.29 is 4.74 Å². The van der Waals surface area contributed by atoms with Gasteiger partial charge in [0.1, 0.15) is 11.6 Å². The molecular weight excluding hydrogens is 360 g/mol. The van der Waals surface area contributed by atoms with Gasteiger partial charge in [0.2, 0.25) is 0 Å². The Morgan fingerprint density at radius 2 is 1.78 bits per heavy atom. The normalized spacial score (nSPS) is 17.0. The molecule has 1 saturated heterocycles. The van der Waals surface area contributed by atoms with E-state index >= 15 is 0 Å². The monoisotopic (exact) mass is 386 g/mol. The molecule has 0 atom stereocenters. The van der Waals surface area contributed by atoms with Crippen LogP contribution in [0.4, 0.5) is 11.5 Å². The number of thioether (sulfide) groups is 1. The van der Waals surface area contributed by atoms with Crippen LogP contribution < -0.4 is 20.1 Å². The average Bonchev–Trinajstić information content (AvgIpc) is 2.74. The first kappa shape index (κ1) is 18.2. The van der Waals surface area contributed by atoms with Crippen molar-refractivity contribution in [1.29, 1.82) is 0 Å². The smallest absolute Gasteiger partial charge is 0.259 e. The summed E-state index contributed by atoms with van der Waals surface area (Å²) in [6.45, 7) is 6.44. The number of aromatic nitrogens is 2. The molecule has 0 N–H and O–H groups in total. The van der Waals surface area contributed by atoms with Crippen LogP contribution in [0.15, 0.2) is 34.2 Å². The van der Waals surface area contributed by atoms with Gasteiger partial charge in [-0.05, 0) is 37.1 Å². The molecule has 27 heavy (non-hydrogen) atoms. The topological polar surface area (TPSA) is 50.6 Å². The van der Waals surface area contributed by atoms with Crippen LogP contribution in [0, 0.1) is 0 Å². The van der Waals surface area contributed by atoms with Crippen LogP contribution in [0.25, 0.3) is 0 Å². The molecule has 0 radical (unpaired) electrons. The summed E-state index contributed by atoms with van der Waals surface area (Å²) in [6, 6.07) is 8.21. The van der Waals surface area contributed by atoms with Gasteiger partial charge in [0.05, 0.1) is 12.7 Å². The van der Waals surface area contributed by atoms with E-state index in [1.165, 1.54) is 5.69 Å². The number of rotatable bonds is 4. The predicted molar refractivity (Wildman–Crippen MR) is 111 cm³/mol. The molecule has 1 aromatic heterocycles. The van der Waals surface area contributed by atoms with Gasteiger partial charge in [0.15, 0.2) is 5.16 Å². The molecule has 2 aromatic rings. The number of fused-ring (bicyclic) bond motifs is 1. The number of benzene rings is 1. The molecule has 3 heterocycles. The maximum absolute atomic E-state index is 12.9. The highest BCUT2D eigenvalue weighted by atomic mass is 32.2. The van der Waals surface area contributed by atoms with Crippen molar-refractivity contribution in [2.24, 2.45) is 0 Å².